The molecule has 0 aromatic carbocycles. The van der Waals surface area contributed by atoms with Crippen LogP contribution in [0.3, 0.4) is 0 Å². The normalized spacial score (nSPS) is 11.6. The monoisotopic (exact) mass is 325 g/mol. The van der Waals surface area contributed by atoms with Gasteiger partial charge in [0.15, 0.2) is 5.96 Å². The fraction of sp³-hybridized carbons (Fsp3) is 0.889. The molecule has 0 unspecified atom stereocenters. The molecule has 0 saturated heterocycles. The van der Waals surface area contributed by atoms with Crippen LogP contribution < -0.4 is 17.2 Å². The van der Waals surface area contributed by atoms with Crippen LogP contribution in [0.1, 0.15) is 96.8 Å². The third-order valence-electron chi connectivity index (χ3n) is 4.03. The lowest BCUT2D eigenvalue weighted by molar-refractivity contribution is 0.536. The SMILES string of the molecule is CCCCCCCCCCCCCCCCN=C(N)N=C(N)N. The maximum Gasteiger partial charge on any atom is 0.218 e. The standard InChI is InChI=1S/C18H39N5/c1-2-3-4-5-6-7-8-9-10-11-12-13-14-15-16-22-18(21)23-17(19)20/h2-16H2,1H3,(H6,19,20,21,22,23). The first-order chi connectivity index (χ1) is 11.2. The molecule has 0 aromatic rings. The van der Waals surface area contributed by atoms with E-state index in [1.807, 2.05) is 0 Å². The first-order valence-electron chi connectivity index (χ1n) is 9.56. The Labute approximate surface area is 143 Å². The molecule has 0 radical (unpaired) electrons. The predicted octanol–water partition coefficient (Wildman–Crippen LogP) is 4.06. The van der Waals surface area contributed by atoms with E-state index >= 15 is 0 Å². The molecule has 0 heterocycles. The highest BCUT2D eigenvalue weighted by Crippen LogP contribution is 2.12. The molecule has 136 valence electrons. The topological polar surface area (TPSA) is 103 Å². The molecule has 6 N–H and O–H groups in total. The lowest BCUT2D eigenvalue weighted by Crippen LogP contribution is -2.26. The minimum atomic E-state index is -0.0350. The summed E-state index contributed by atoms with van der Waals surface area (Å²) in [6.45, 7) is 2.98. The molecular weight excluding hydrogens is 286 g/mol. The minimum absolute atomic E-state index is 0.0350. The van der Waals surface area contributed by atoms with Crippen molar-refractivity contribution < 1.29 is 0 Å². The van der Waals surface area contributed by atoms with Gasteiger partial charge >= 0.3 is 0 Å². The molecule has 0 aliphatic heterocycles. The number of nitrogens with zero attached hydrogens (tertiary/aromatic N) is 2. The van der Waals surface area contributed by atoms with E-state index in [9.17, 15) is 0 Å². The van der Waals surface area contributed by atoms with Crippen molar-refractivity contribution in [1.29, 1.82) is 0 Å². The second-order valence-corrected chi connectivity index (χ2v) is 6.37. The largest absolute Gasteiger partial charge is 0.370 e. The smallest absolute Gasteiger partial charge is 0.218 e. The Balaban J connectivity index is 3.18. The number of guanidine groups is 2. The fourth-order valence-electron chi connectivity index (χ4n) is 2.67. The number of unbranched alkanes of at least 4 members (excludes halogenated alkanes) is 13. The van der Waals surface area contributed by atoms with Gasteiger partial charge in [-0.25, -0.2) is 0 Å². The third-order valence-corrected chi connectivity index (χ3v) is 4.03. The Morgan fingerprint density at radius 2 is 1.00 bits per heavy atom. The van der Waals surface area contributed by atoms with Crippen molar-refractivity contribution >= 4 is 11.9 Å². The molecule has 0 bridgehead atoms. The molecule has 0 saturated carbocycles. The highest BCUT2D eigenvalue weighted by atomic mass is 15.1. The van der Waals surface area contributed by atoms with Gasteiger partial charge < -0.3 is 17.2 Å². The zero-order chi connectivity index (χ0) is 17.2. The van der Waals surface area contributed by atoms with E-state index in [0.29, 0.717) is 6.54 Å². The van der Waals surface area contributed by atoms with Crippen LogP contribution in [0.15, 0.2) is 9.98 Å². The lowest BCUT2D eigenvalue weighted by Gasteiger charge is -2.03. The summed E-state index contributed by atoms with van der Waals surface area (Å²) in [6.07, 6.45) is 19.0. The Hall–Kier alpha value is -1.26. The molecule has 5 nitrogen and oxygen atoms in total. The molecule has 0 fully saturated rings. The van der Waals surface area contributed by atoms with Crippen molar-refractivity contribution in [3.63, 3.8) is 0 Å². The van der Waals surface area contributed by atoms with Gasteiger partial charge in [-0.1, -0.05) is 90.4 Å². The summed E-state index contributed by atoms with van der Waals surface area (Å²) in [6, 6.07) is 0. The average Bonchev–Trinajstić information content (AvgIpc) is 2.50. The molecule has 23 heavy (non-hydrogen) atoms. The molecule has 0 spiro atoms. The molecule has 0 amide bonds. The maximum absolute atomic E-state index is 5.53. The molecule has 0 atom stereocenters. The van der Waals surface area contributed by atoms with E-state index in [0.717, 1.165) is 6.42 Å². The number of nitrogens with two attached hydrogens (primary N) is 3. The van der Waals surface area contributed by atoms with Crippen LogP contribution in [0, 0.1) is 0 Å². The third kappa shape index (κ3) is 18.7. The van der Waals surface area contributed by atoms with Crippen LogP contribution in [-0.2, 0) is 0 Å². The van der Waals surface area contributed by atoms with E-state index in [2.05, 4.69) is 16.9 Å². The lowest BCUT2D eigenvalue weighted by atomic mass is 10.0. The fourth-order valence-corrected chi connectivity index (χ4v) is 2.67. The number of hydrogen-bond donors (Lipinski definition) is 3. The number of hydrogen-bond acceptors (Lipinski definition) is 1. The minimum Gasteiger partial charge on any atom is -0.370 e. The first kappa shape index (κ1) is 21.7. The van der Waals surface area contributed by atoms with E-state index < -0.39 is 0 Å². The van der Waals surface area contributed by atoms with E-state index in [4.69, 9.17) is 17.2 Å². The van der Waals surface area contributed by atoms with Gasteiger partial charge in [-0.3, -0.25) is 4.99 Å². The van der Waals surface area contributed by atoms with Gasteiger partial charge in [-0.05, 0) is 6.42 Å². The van der Waals surface area contributed by atoms with Gasteiger partial charge in [0.05, 0.1) is 0 Å². The van der Waals surface area contributed by atoms with Crippen molar-refractivity contribution in [2.75, 3.05) is 6.54 Å². The maximum atomic E-state index is 5.53. The van der Waals surface area contributed by atoms with Crippen molar-refractivity contribution in [3.05, 3.63) is 0 Å². The molecule has 0 aromatic heterocycles. The summed E-state index contributed by atoms with van der Waals surface area (Å²) in [5.41, 5.74) is 16.0. The van der Waals surface area contributed by atoms with Crippen molar-refractivity contribution in [2.24, 2.45) is 27.2 Å². The highest BCUT2D eigenvalue weighted by molar-refractivity contribution is 5.92. The highest BCUT2D eigenvalue weighted by Gasteiger charge is 1.94. The summed E-state index contributed by atoms with van der Waals surface area (Å²) in [7, 11) is 0. The van der Waals surface area contributed by atoms with Gasteiger partial charge in [-0.2, -0.15) is 4.99 Å². The van der Waals surface area contributed by atoms with Gasteiger partial charge in [0.25, 0.3) is 0 Å². The van der Waals surface area contributed by atoms with Crippen LogP contribution in [0.2, 0.25) is 0 Å². The molecular formula is C18H39N5. The molecule has 5 heteroatoms. The van der Waals surface area contributed by atoms with Crippen molar-refractivity contribution in [3.8, 4) is 0 Å². The van der Waals surface area contributed by atoms with Gasteiger partial charge in [-0.15, -0.1) is 0 Å². The zero-order valence-corrected chi connectivity index (χ0v) is 15.2. The van der Waals surface area contributed by atoms with Gasteiger partial charge in [0, 0.05) is 6.54 Å². The summed E-state index contributed by atoms with van der Waals surface area (Å²) >= 11 is 0. The second kappa shape index (κ2) is 17.1. The Morgan fingerprint density at radius 1 is 0.609 bits per heavy atom. The summed E-state index contributed by atoms with van der Waals surface area (Å²) in [4.78, 5) is 7.79. The van der Waals surface area contributed by atoms with Gasteiger partial charge in [0.2, 0.25) is 5.96 Å². The quantitative estimate of drug-likeness (QED) is 0.240. The average molecular weight is 326 g/mol. The summed E-state index contributed by atoms with van der Waals surface area (Å²) < 4.78 is 0. The van der Waals surface area contributed by atoms with E-state index in [1.165, 1.54) is 83.5 Å². The summed E-state index contributed by atoms with van der Waals surface area (Å²) in [5.74, 6) is 0.145. The predicted molar refractivity (Wildman–Crippen MR) is 103 cm³/mol. The number of aliphatic imine (C=N–C) groups is 2. The second-order valence-electron chi connectivity index (χ2n) is 6.37. The molecule has 0 aliphatic rings. The Bertz CT molecular complexity index is 309. The van der Waals surface area contributed by atoms with E-state index in [-0.39, 0.29) is 11.9 Å². The molecule has 0 rings (SSSR count). The van der Waals surface area contributed by atoms with Crippen LogP contribution in [0.4, 0.5) is 0 Å². The van der Waals surface area contributed by atoms with Gasteiger partial charge in [0.1, 0.15) is 0 Å². The van der Waals surface area contributed by atoms with E-state index in [1.54, 1.807) is 0 Å². The van der Waals surface area contributed by atoms with Crippen molar-refractivity contribution in [1.82, 2.24) is 0 Å². The Kier molecular flexibility index (Phi) is 16.2. The first-order valence-corrected chi connectivity index (χ1v) is 9.56. The zero-order valence-electron chi connectivity index (χ0n) is 15.2. The van der Waals surface area contributed by atoms with Crippen LogP contribution >= 0.6 is 0 Å². The number of rotatable bonds is 15. The van der Waals surface area contributed by atoms with Crippen LogP contribution in [0.25, 0.3) is 0 Å². The van der Waals surface area contributed by atoms with Crippen LogP contribution in [0.5, 0.6) is 0 Å². The van der Waals surface area contributed by atoms with Crippen LogP contribution in [-0.4, -0.2) is 18.5 Å². The Morgan fingerprint density at radius 3 is 1.39 bits per heavy atom. The van der Waals surface area contributed by atoms with Crippen molar-refractivity contribution in [2.45, 2.75) is 96.8 Å². The summed E-state index contributed by atoms with van der Waals surface area (Å²) in [5, 5.41) is 0. The molecule has 0 aliphatic carbocycles.